The Morgan fingerprint density at radius 3 is 2.42 bits per heavy atom. The molecule has 0 bridgehead atoms. The minimum Gasteiger partial charge on any atom is -0.486 e. The van der Waals surface area contributed by atoms with Gasteiger partial charge in [0.1, 0.15) is 13.2 Å². The molecule has 0 aliphatic carbocycles. The number of nitrogens with zero attached hydrogens (tertiary/aromatic N) is 1. The second-order valence-corrected chi connectivity index (χ2v) is 7.64. The molecule has 1 N–H and O–H groups in total. The first kappa shape index (κ1) is 18.1. The molecule has 1 aliphatic rings. The van der Waals surface area contributed by atoms with Crippen molar-refractivity contribution in [2.75, 3.05) is 38.8 Å². The Hall–Kier alpha value is -2.69. The predicted molar refractivity (Wildman–Crippen MR) is 100 cm³/mol. The third-order valence-electron chi connectivity index (χ3n) is 3.79. The zero-order valence-electron chi connectivity index (χ0n) is 14.7. The highest BCUT2D eigenvalue weighted by molar-refractivity contribution is 7.89. The fraction of sp³-hybridized carbons (Fsp3) is 0.263. The van der Waals surface area contributed by atoms with Crippen molar-refractivity contribution >= 4 is 15.7 Å². The molecule has 0 unspecified atom stereocenters. The molecule has 0 spiro atoms. The molecule has 6 nitrogen and oxygen atoms in total. The van der Waals surface area contributed by atoms with Crippen molar-refractivity contribution in [1.29, 1.82) is 0 Å². The zero-order chi connectivity index (χ0) is 18.6. The second-order valence-electron chi connectivity index (χ2n) is 5.87. The van der Waals surface area contributed by atoms with Gasteiger partial charge in [-0.25, -0.2) is 8.42 Å². The van der Waals surface area contributed by atoms with Crippen molar-refractivity contribution < 1.29 is 17.9 Å². The number of rotatable bonds is 4. The first-order valence-corrected chi connectivity index (χ1v) is 9.59. The van der Waals surface area contributed by atoms with Crippen molar-refractivity contribution in [3.05, 3.63) is 48.0 Å². The molecule has 3 rings (SSSR count). The van der Waals surface area contributed by atoms with E-state index in [0.717, 1.165) is 11.3 Å². The van der Waals surface area contributed by atoms with Crippen LogP contribution in [0.5, 0.6) is 11.5 Å². The van der Waals surface area contributed by atoms with Crippen LogP contribution in [-0.2, 0) is 10.0 Å². The van der Waals surface area contributed by atoms with E-state index in [9.17, 15) is 8.42 Å². The average Bonchev–Trinajstić information content (AvgIpc) is 2.65. The lowest BCUT2D eigenvalue weighted by molar-refractivity contribution is 0.171. The summed E-state index contributed by atoms with van der Waals surface area (Å²) in [5.41, 5.74) is 1.91. The number of hydrogen-bond acceptors (Lipinski definition) is 5. The molecule has 7 heteroatoms. The Morgan fingerprint density at radius 1 is 1.04 bits per heavy atom. The largest absolute Gasteiger partial charge is 0.486 e. The van der Waals surface area contributed by atoms with E-state index in [2.05, 4.69) is 16.6 Å². The van der Waals surface area contributed by atoms with E-state index in [-0.39, 0.29) is 11.4 Å². The van der Waals surface area contributed by atoms with E-state index in [1.165, 1.54) is 12.1 Å². The molecule has 136 valence electrons. The van der Waals surface area contributed by atoms with Crippen LogP contribution in [-0.4, -0.2) is 42.3 Å². The lowest BCUT2D eigenvalue weighted by Gasteiger charge is -2.18. The molecule has 0 atom stereocenters. The average molecular weight is 372 g/mol. The summed E-state index contributed by atoms with van der Waals surface area (Å²) in [5, 5.41) is 0. The maximum absolute atomic E-state index is 12.4. The van der Waals surface area contributed by atoms with E-state index in [4.69, 9.17) is 9.47 Å². The third kappa shape index (κ3) is 4.28. The predicted octanol–water partition coefficient (Wildman–Crippen LogP) is 1.85. The van der Waals surface area contributed by atoms with Crippen LogP contribution in [0, 0.1) is 11.8 Å². The maximum Gasteiger partial charge on any atom is 0.241 e. The number of hydrogen-bond donors (Lipinski definition) is 1. The highest BCUT2D eigenvalue weighted by Crippen LogP contribution is 2.32. The van der Waals surface area contributed by atoms with Gasteiger partial charge in [-0.2, -0.15) is 4.72 Å². The zero-order valence-corrected chi connectivity index (χ0v) is 15.5. The molecule has 0 fully saturated rings. The number of anilines is 1. The van der Waals surface area contributed by atoms with E-state index in [1.54, 1.807) is 6.07 Å². The molecule has 2 aromatic rings. The number of ether oxygens (including phenoxy) is 2. The minimum atomic E-state index is -3.66. The fourth-order valence-electron chi connectivity index (χ4n) is 2.39. The van der Waals surface area contributed by atoms with Gasteiger partial charge in [0.15, 0.2) is 11.5 Å². The van der Waals surface area contributed by atoms with Gasteiger partial charge in [0.25, 0.3) is 0 Å². The second kappa shape index (κ2) is 7.68. The Labute approximate surface area is 153 Å². The van der Waals surface area contributed by atoms with E-state index >= 15 is 0 Å². The van der Waals surface area contributed by atoms with Gasteiger partial charge in [0.2, 0.25) is 10.0 Å². The molecule has 0 saturated heterocycles. The Bertz CT molecular complexity index is 942. The lowest BCUT2D eigenvalue weighted by atomic mass is 10.2. The lowest BCUT2D eigenvalue weighted by Crippen LogP contribution is -2.24. The SMILES string of the molecule is CN(C)c1ccc(C#CCNS(=O)(=O)c2ccc3c(c2)OCCO3)cc1. The van der Waals surface area contributed by atoms with Crippen LogP contribution < -0.4 is 19.1 Å². The summed E-state index contributed by atoms with van der Waals surface area (Å²) in [6.45, 7) is 0.886. The molecule has 0 radical (unpaired) electrons. The smallest absolute Gasteiger partial charge is 0.241 e. The number of benzene rings is 2. The van der Waals surface area contributed by atoms with Crippen molar-refractivity contribution in [2.24, 2.45) is 0 Å². The number of fused-ring (bicyclic) bond motifs is 1. The van der Waals surface area contributed by atoms with E-state index < -0.39 is 10.0 Å². The molecule has 0 aromatic heterocycles. The summed E-state index contributed by atoms with van der Waals surface area (Å²) < 4.78 is 38.0. The summed E-state index contributed by atoms with van der Waals surface area (Å²) in [6, 6.07) is 12.3. The molecular weight excluding hydrogens is 352 g/mol. The highest BCUT2D eigenvalue weighted by Gasteiger charge is 2.18. The molecule has 0 saturated carbocycles. The number of sulfonamides is 1. The quantitative estimate of drug-likeness (QED) is 0.830. The van der Waals surface area contributed by atoms with Crippen LogP contribution in [0.3, 0.4) is 0 Å². The van der Waals surface area contributed by atoms with Crippen LogP contribution in [0.4, 0.5) is 5.69 Å². The Balaban J connectivity index is 1.64. The summed E-state index contributed by atoms with van der Waals surface area (Å²) in [5.74, 6) is 6.76. The first-order valence-electron chi connectivity index (χ1n) is 8.11. The third-order valence-corrected chi connectivity index (χ3v) is 5.19. The van der Waals surface area contributed by atoms with Crippen molar-refractivity contribution in [2.45, 2.75) is 4.90 Å². The van der Waals surface area contributed by atoms with Crippen LogP contribution in [0.1, 0.15) is 5.56 Å². The molecule has 1 heterocycles. The topological polar surface area (TPSA) is 67.9 Å². The van der Waals surface area contributed by atoms with Crippen molar-refractivity contribution in [3.8, 4) is 23.3 Å². The molecule has 2 aromatic carbocycles. The normalized spacial score (nSPS) is 12.8. The number of nitrogens with one attached hydrogen (secondary N) is 1. The van der Waals surface area contributed by atoms with Crippen LogP contribution in [0.2, 0.25) is 0 Å². The van der Waals surface area contributed by atoms with E-state index in [0.29, 0.717) is 24.7 Å². The summed E-state index contributed by atoms with van der Waals surface area (Å²) in [6.07, 6.45) is 0. The minimum absolute atomic E-state index is 0.0200. The van der Waals surface area contributed by atoms with Crippen molar-refractivity contribution in [3.63, 3.8) is 0 Å². The van der Waals surface area contributed by atoms with Crippen LogP contribution in [0.15, 0.2) is 47.4 Å². The van der Waals surface area contributed by atoms with Gasteiger partial charge in [0.05, 0.1) is 11.4 Å². The standard InChI is InChI=1S/C19H20N2O4S/c1-21(2)16-7-5-15(6-8-16)4-3-11-20-26(22,23)17-9-10-18-19(14-17)25-13-12-24-18/h5-10,14,20H,11-13H2,1-2H3. The van der Waals surface area contributed by atoms with Gasteiger partial charge in [-0.1, -0.05) is 11.8 Å². The van der Waals surface area contributed by atoms with Crippen LogP contribution >= 0.6 is 0 Å². The maximum atomic E-state index is 12.4. The van der Waals surface area contributed by atoms with Crippen molar-refractivity contribution in [1.82, 2.24) is 4.72 Å². The first-order chi connectivity index (χ1) is 12.5. The van der Waals surface area contributed by atoms with Gasteiger partial charge in [-0.05, 0) is 36.4 Å². The fourth-order valence-corrected chi connectivity index (χ4v) is 3.33. The molecular formula is C19H20N2O4S. The Morgan fingerprint density at radius 2 is 1.73 bits per heavy atom. The van der Waals surface area contributed by atoms with Gasteiger partial charge >= 0.3 is 0 Å². The van der Waals surface area contributed by atoms with Gasteiger partial charge in [-0.15, -0.1) is 0 Å². The van der Waals surface area contributed by atoms with Gasteiger partial charge < -0.3 is 14.4 Å². The summed E-state index contributed by atoms with van der Waals surface area (Å²) >= 11 is 0. The monoisotopic (exact) mass is 372 g/mol. The van der Waals surface area contributed by atoms with Gasteiger partial charge in [0, 0.05) is 31.4 Å². The summed E-state index contributed by atoms with van der Waals surface area (Å²) in [7, 11) is 0.270. The summed E-state index contributed by atoms with van der Waals surface area (Å²) in [4.78, 5) is 2.12. The Kier molecular flexibility index (Phi) is 5.35. The molecule has 26 heavy (non-hydrogen) atoms. The highest BCUT2D eigenvalue weighted by atomic mass is 32.2. The van der Waals surface area contributed by atoms with E-state index in [1.807, 2.05) is 43.3 Å². The van der Waals surface area contributed by atoms with Crippen LogP contribution in [0.25, 0.3) is 0 Å². The molecule has 0 amide bonds. The molecule has 1 aliphatic heterocycles. The van der Waals surface area contributed by atoms with Gasteiger partial charge in [-0.3, -0.25) is 0 Å².